The summed E-state index contributed by atoms with van der Waals surface area (Å²) in [5, 5.41) is 0.446. The van der Waals surface area contributed by atoms with E-state index in [4.69, 9.17) is 17.3 Å². The maximum absolute atomic E-state index is 12.0. The molecule has 0 bridgehead atoms. The Balaban J connectivity index is 2.12. The second-order valence-electron chi connectivity index (χ2n) is 6.62. The van der Waals surface area contributed by atoms with Crippen molar-refractivity contribution in [2.24, 2.45) is 0 Å². The Morgan fingerprint density at radius 2 is 1.93 bits per heavy atom. The smallest absolute Gasteiger partial charge is 0.164 e. The van der Waals surface area contributed by atoms with Gasteiger partial charge in [-0.3, -0.25) is 9.78 Å². The van der Waals surface area contributed by atoms with Crippen LogP contribution < -0.4 is 5.73 Å². The first-order valence-corrected chi connectivity index (χ1v) is 9.88. The lowest BCUT2D eigenvalue weighted by Crippen LogP contribution is -1.99. The zero-order valence-corrected chi connectivity index (χ0v) is 17.5. The number of nitrogen functional groups attached to an aromatic ring is 1. The van der Waals surface area contributed by atoms with Crippen LogP contribution in [0, 0.1) is 18.8 Å². The lowest BCUT2D eigenvalue weighted by atomic mass is 9.96. The monoisotopic (exact) mass is 403 g/mol. The average molecular weight is 404 g/mol. The van der Waals surface area contributed by atoms with Crippen LogP contribution >= 0.6 is 11.6 Å². The largest absolute Gasteiger partial charge is 0.384 e. The third-order valence-electron chi connectivity index (χ3n) is 4.70. The summed E-state index contributed by atoms with van der Waals surface area (Å²) in [6.45, 7) is 5.75. The number of benzene rings is 1. The molecule has 2 heterocycles. The molecule has 0 radical (unpaired) electrons. The molecule has 0 atom stereocenters. The third-order valence-corrected chi connectivity index (χ3v) is 5.01. The number of hydrogen-bond donors (Lipinski definition) is 1. The van der Waals surface area contributed by atoms with E-state index >= 15 is 0 Å². The number of pyridine rings is 2. The molecule has 29 heavy (non-hydrogen) atoms. The van der Waals surface area contributed by atoms with Crippen molar-refractivity contribution in [1.82, 2.24) is 9.97 Å². The van der Waals surface area contributed by atoms with Crippen molar-refractivity contribution in [3.05, 3.63) is 75.7 Å². The normalized spacial score (nSPS) is 10.3. The van der Waals surface area contributed by atoms with Gasteiger partial charge in [0.25, 0.3) is 0 Å². The molecule has 3 rings (SSSR count). The summed E-state index contributed by atoms with van der Waals surface area (Å²) in [5.41, 5.74) is 11.5. The zero-order valence-electron chi connectivity index (χ0n) is 16.7. The van der Waals surface area contributed by atoms with Gasteiger partial charge in [-0.1, -0.05) is 43.4 Å². The average Bonchev–Trinajstić information content (AvgIpc) is 2.72. The number of carbonyl (C=O) groups is 1. The molecule has 0 saturated carbocycles. The standard InChI is InChI=1S/C24H22ClN3O/c1-4-22-19(9-6-16-8-11-24(26)28-15(16)3)18(12-13-27-22)17-7-10-20(21(25)14-17)23(29)5-2/h7-8,10-14H,4-5H2,1-3H3,(H2,26,28). The molecule has 0 amide bonds. The summed E-state index contributed by atoms with van der Waals surface area (Å²) < 4.78 is 0. The molecule has 0 saturated heterocycles. The minimum atomic E-state index is 0.0249. The molecule has 0 aliphatic rings. The second kappa shape index (κ2) is 8.89. The van der Waals surface area contributed by atoms with Crippen molar-refractivity contribution >= 4 is 23.2 Å². The highest BCUT2D eigenvalue weighted by Crippen LogP contribution is 2.30. The van der Waals surface area contributed by atoms with Crippen LogP contribution in [0.3, 0.4) is 0 Å². The van der Waals surface area contributed by atoms with Crippen molar-refractivity contribution in [2.45, 2.75) is 33.6 Å². The van der Waals surface area contributed by atoms with Crippen LogP contribution in [0.5, 0.6) is 0 Å². The van der Waals surface area contributed by atoms with E-state index in [-0.39, 0.29) is 5.78 Å². The highest BCUT2D eigenvalue weighted by atomic mass is 35.5. The summed E-state index contributed by atoms with van der Waals surface area (Å²) in [6.07, 6.45) is 2.94. The van der Waals surface area contributed by atoms with Crippen LogP contribution in [0.1, 0.15) is 53.1 Å². The van der Waals surface area contributed by atoms with Gasteiger partial charge in [-0.2, -0.15) is 0 Å². The summed E-state index contributed by atoms with van der Waals surface area (Å²) >= 11 is 6.39. The molecule has 5 heteroatoms. The molecule has 1 aromatic carbocycles. The maximum Gasteiger partial charge on any atom is 0.164 e. The fourth-order valence-electron chi connectivity index (χ4n) is 3.09. The molecule has 2 N–H and O–H groups in total. The lowest BCUT2D eigenvalue weighted by molar-refractivity contribution is 0.0988. The number of carbonyl (C=O) groups excluding carboxylic acids is 1. The van der Waals surface area contributed by atoms with Crippen LogP contribution in [-0.4, -0.2) is 15.8 Å². The molecule has 0 unspecified atom stereocenters. The summed E-state index contributed by atoms with van der Waals surface area (Å²) in [5.74, 6) is 6.97. The van der Waals surface area contributed by atoms with Crippen molar-refractivity contribution in [3.63, 3.8) is 0 Å². The van der Waals surface area contributed by atoms with Gasteiger partial charge in [-0.25, -0.2) is 4.98 Å². The van der Waals surface area contributed by atoms with Gasteiger partial charge in [0.15, 0.2) is 5.78 Å². The fourth-order valence-corrected chi connectivity index (χ4v) is 3.38. The Morgan fingerprint density at radius 3 is 2.59 bits per heavy atom. The van der Waals surface area contributed by atoms with Crippen LogP contribution in [0.2, 0.25) is 5.02 Å². The number of nitrogens with zero attached hydrogens (tertiary/aromatic N) is 2. The number of nitrogens with two attached hydrogens (primary N) is 1. The Kier molecular flexibility index (Phi) is 6.31. The van der Waals surface area contributed by atoms with Gasteiger partial charge in [0, 0.05) is 29.3 Å². The van der Waals surface area contributed by atoms with Gasteiger partial charge >= 0.3 is 0 Å². The minimum Gasteiger partial charge on any atom is -0.384 e. The van der Waals surface area contributed by atoms with Crippen LogP contribution in [0.25, 0.3) is 11.1 Å². The Hall–Kier alpha value is -3.16. The number of aromatic nitrogens is 2. The molecule has 0 aliphatic heterocycles. The number of halogens is 1. The van der Waals surface area contributed by atoms with E-state index in [9.17, 15) is 4.79 Å². The van der Waals surface area contributed by atoms with E-state index in [0.29, 0.717) is 22.8 Å². The van der Waals surface area contributed by atoms with Gasteiger partial charge < -0.3 is 5.73 Å². The van der Waals surface area contributed by atoms with E-state index < -0.39 is 0 Å². The van der Waals surface area contributed by atoms with E-state index in [1.807, 2.05) is 45.0 Å². The molecular formula is C24H22ClN3O. The number of anilines is 1. The van der Waals surface area contributed by atoms with E-state index in [0.717, 1.165) is 40.1 Å². The van der Waals surface area contributed by atoms with Crippen LogP contribution in [0.15, 0.2) is 42.6 Å². The Bertz CT molecular complexity index is 1140. The van der Waals surface area contributed by atoms with E-state index in [2.05, 4.69) is 21.8 Å². The number of rotatable bonds is 4. The minimum absolute atomic E-state index is 0.0249. The molecule has 0 fully saturated rings. The molecule has 4 nitrogen and oxygen atoms in total. The lowest BCUT2D eigenvalue weighted by Gasteiger charge is -2.11. The predicted octanol–water partition coefficient (Wildman–Crippen LogP) is 5.24. The van der Waals surface area contributed by atoms with Gasteiger partial charge in [0.2, 0.25) is 0 Å². The van der Waals surface area contributed by atoms with Crippen molar-refractivity contribution in [1.29, 1.82) is 0 Å². The third kappa shape index (κ3) is 4.47. The fraction of sp³-hybridized carbons (Fsp3) is 0.208. The van der Waals surface area contributed by atoms with Gasteiger partial charge in [-0.15, -0.1) is 0 Å². The van der Waals surface area contributed by atoms with E-state index in [1.165, 1.54) is 0 Å². The molecule has 2 aromatic heterocycles. The van der Waals surface area contributed by atoms with Crippen molar-refractivity contribution in [2.75, 3.05) is 5.73 Å². The van der Waals surface area contributed by atoms with Gasteiger partial charge in [-0.05, 0) is 49.2 Å². The SMILES string of the molecule is CCC(=O)c1ccc(-c2ccnc(CC)c2C#Cc2ccc(N)nc2C)cc1Cl. The van der Waals surface area contributed by atoms with E-state index in [1.54, 1.807) is 18.3 Å². The zero-order chi connectivity index (χ0) is 21.0. The molecule has 3 aromatic rings. The summed E-state index contributed by atoms with van der Waals surface area (Å²) in [7, 11) is 0. The van der Waals surface area contributed by atoms with Crippen LogP contribution in [-0.2, 0) is 6.42 Å². The molecule has 0 spiro atoms. The number of hydrogen-bond acceptors (Lipinski definition) is 4. The molecule has 146 valence electrons. The maximum atomic E-state index is 12.0. The highest BCUT2D eigenvalue weighted by molar-refractivity contribution is 6.34. The first kappa shape index (κ1) is 20.6. The summed E-state index contributed by atoms with van der Waals surface area (Å²) in [4.78, 5) is 20.8. The Morgan fingerprint density at radius 1 is 1.14 bits per heavy atom. The molecular weight excluding hydrogens is 382 g/mol. The number of aryl methyl sites for hydroxylation is 2. The van der Waals surface area contributed by atoms with Crippen molar-refractivity contribution in [3.8, 4) is 23.0 Å². The number of Topliss-reactive ketones (excluding diaryl/α,β-unsaturated/α-hetero) is 1. The summed E-state index contributed by atoms with van der Waals surface area (Å²) in [6, 6.07) is 11.0. The van der Waals surface area contributed by atoms with Gasteiger partial charge in [0.1, 0.15) is 5.82 Å². The second-order valence-corrected chi connectivity index (χ2v) is 7.03. The van der Waals surface area contributed by atoms with Crippen molar-refractivity contribution < 1.29 is 4.79 Å². The van der Waals surface area contributed by atoms with Crippen LogP contribution in [0.4, 0.5) is 5.82 Å². The quantitative estimate of drug-likeness (QED) is 0.477. The first-order valence-electron chi connectivity index (χ1n) is 9.50. The number of ketones is 1. The first-order chi connectivity index (χ1) is 13.9. The predicted molar refractivity (Wildman–Crippen MR) is 118 cm³/mol. The Labute approximate surface area is 176 Å². The van der Waals surface area contributed by atoms with Gasteiger partial charge in [0.05, 0.1) is 22.0 Å². The highest BCUT2D eigenvalue weighted by Gasteiger charge is 2.13. The molecule has 0 aliphatic carbocycles. The topological polar surface area (TPSA) is 68.9 Å².